The number of hydrogen-bond donors (Lipinski definition) is 0. The van der Waals surface area contributed by atoms with Crippen LogP contribution in [0.2, 0.25) is 0 Å². The molecule has 5 heteroatoms. The Balaban J connectivity index is 2.01. The van der Waals surface area contributed by atoms with E-state index in [-0.39, 0.29) is 0 Å². The van der Waals surface area contributed by atoms with Crippen LogP contribution in [0.3, 0.4) is 0 Å². The molecule has 1 aliphatic rings. The predicted octanol–water partition coefficient (Wildman–Crippen LogP) is 2.92. The molecule has 0 amide bonds. The summed E-state index contributed by atoms with van der Waals surface area (Å²) in [5, 5.41) is 4.47. The molecule has 0 saturated carbocycles. The molecule has 0 fully saturated rings. The zero-order valence-corrected chi connectivity index (χ0v) is 13.3. The van der Waals surface area contributed by atoms with E-state index in [9.17, 15) is 0 Å². The van der Waals surface area contributed by atoms with Crippen LogP contribution in [0, 0.1) is 13.8 Å². The monoisotopic (exact) mass is 322 g/mol. The van der Waals surface area contributed by atoms with E-state index in [4.69, 9.17) is 4.98 Å². The van der Waals surface area contributed by atoms with Gasteiger partial charge in [0.05, 0.1) is 28.1 Å². The number of aryl methyl sites for hydroxylation is 4. The third-order valence-electron chi connectivity index (χ3n) is 3.99. The van der Waals surface area contributed by atoms with Crippen LogP contribution in [0.4, 0.5) is 0 Å². The standard InChI is InChI=1S/C14H19BrN4/c1-9-14(15)13(18(3)17-9)8-19-10(2)16-11-6-4-5-7-12(11)19/h4-8H2,1-3H3. The molecule has 0 N–H and O–H groups in total. The molecule has 0 unspecified atom stereocenters. The Hall–Kier alpha value is -1.10. The van der Waals surface area contributed by atoms with Gasteiger partial charge in [-0.2, -0.15) is 5.10 Å². The average Bonchev–Trinajstić information content (AvgIpc) is 2.82. The molecule has 0 aromatic carbocycles. The van der Waals surface area contributed by atoms with Crippen molar-refractivity contribution in [2.24, 2.45) is 7.05 Å². The lowest BCUT2D eigenvalue weighted by Crippen LogP contribution is -2.12. The molecule has 0 atom stereocenters. The van der Waals surface area contributed by atoms with Crippen LogP contribution in [0.1, 0.15) is 41.4 Å². The van der Waals surface area contributed by atoms with Crippen molar-refractivity contribution in [1.29, 1.82) is 0 Å². The molecule has 4 nitrogen and oxygen atoms in total. The molecule has 1 aliphatic carbocycles. The van der Waals surface area contributed by atoms with Crippen molar-refractivity contribution < 1.29 is 0 Å². The highest BCUT2D eigenvalue weighted by atomic mass is 79.9. The van der Waals surface area contributed by atoms with E-state index < -0.39 is 0 Å². The van der Waals surface area contributed by atoms with Crippen molar-refractivity contribution in [3.8, 4) is 0 Å². The highest BCUT2D eigenvalue weighted by molar-refractivity contribution is 9.10. The van der Waals surface area contributed by atoms with E-state index in [1.165, 1.54) is 29.9 Å². The Morgan fingerprint density at radius 2 is 1.95 bits per heavy atom. The quantitative estimate of drug-likeness (QED) is 0.852. The molecule has 0 aliphatic heterocycles. The van der Waals surface area contributed by atoms with Crippen LogP contribution in [0.5, 0.6) is 0 Å². The second-order valence-electron chi connectivity index (χ2n) is 5.32. The van der Waals surface area contributed by atoms with Gasteiger partial charge in [0.2, 0.25) is 0 Å². The molecule has 19 heavy (non-hydrogen) atoms. The predicted molar refractivity (Wildman–Crippen MR) is 78.4 cm³/mol. The van der Waals surface area contributed by atoms with E-state index in [0.29, 0.717) is 0 Å². The van der Waals surface area contributed by atoms with Gasteiger partial charge < -0.3 is 4.57 Å². The maximum Gasteiger partial charge on any atom is 0.106 e. The molecular weight excluding hydrogens is 304 g/mol. The van der Waals surface area contributed by atoms with Crippen LogP contribution in [-0.4, -0.2) is 19.3 Å². The molecule has 2 aromatic rings. The lowest BCUT2D eigenvalue weighted by Gasteiger charge is -2.15. The smallest absolute Gasteiger partial charge is 0.106 e. The minimum atomic E-state index is 0.853. The van der Waals surface area contributed by atoms with Crippen LogP contribution in [0.25, 0.3) is 0 Å². The number of rotatable bonds is 2. The fourth-order valence-corrected chi connectivity index (χ4v) is 3.41. The number of fused-ring (bicyclic) bond motifs is 1. The maximum atomic E-state index is 4.73. The minimum absolute atomic E-state index is 0.853. The third kappa shape index (κ3) is 2.14. The first-order valence-corrected chi connectivity index (χ1v) is 7.60. The van der Waals surface area contributed by atoms with Crippen molar-refractivity contribution in [2.45, 2.75) is 46.1 Å². The van der Waals surface area contributed by atoms with E-state index in [0.717, 1.165) is 35.4 Å². The topological polar surface area (TPSA) is 35.6 Å². The zero-order chi connectivity index (χ0) is 13.6. The van der Waals surface area contributed by atoms with Crippen LogP contribution in [-0.2, 0) is 26.4 Å². The number of halogens is 1. The Morgan fingerprint density at radius 1 is 1.21 bits per heavy atom. The van der Waals surface area contributed by atoms with E-state index >= 15 is 0 Å². The SMILES string of the molecule is Cc1nn(C)c(Cn2c(C)nc3c2CCCC3)c1Br. The van der Waals surface area contributed by atoms with Gasteiger partial charge in [-0.05, 0) is 55.5 Å². The fraction of sp³-hybridized carbons (Fsp3) is 0.571. The number of aromatic nitrogens is 4. The summed E-state index contributed by atoms with van der Waals surface area (Å²) in [6.45, 7) is 4.99. The molecular formula is C14H19BrN4. The van der Waals surface area contributed by atoms with Crippen LogP contribution >= 0.6 is 15.9 Å². The van der Waals surface area contributed by atoms with Gasteiger partial charge in [-0.15, -0.1) is 0 Å². The second kappa shape index (κ2) is 4.78. The van der Waals surface area contributed by atoms with Crippen LogP contribution < -0.4 is 0 Å². The van der Waals surface area contributed by atoms with Gasteiger partial charge >= 0.3 is 0 Å². The van der Waals surface area contributed by atoms with Gasteiger partial charge in [0.25, 0.3) is 0 Å². The van der Waals surface area contributed by atoms with Crippen molar-refractivity contribution >= 4 is 15.9 Å². The molecule has 102 valence electrons. The molecule has 3 rings (SSSR count). The first kappa shape index (κ1) is 12.9. The number of hydrogen-bond acceptors (Lipinski definition) is 2. The summed E-state index contributed by atoms with van der Waals surface area (Å²) in [6, 6.07) is 0. The summed E-state index contributed by atoms with van der Waals surface area (Å²) in [6.07, 6.45) is 4.85. The lowest BCUT2D eigenvalue weighted by atomic mass is 10.0. The normalized spacial score (nSPS) is 14.7. The Labute approximate surface area is 122 Å². The molecule has 0 spiro atoms. The minimum Gasteiger partial charge on any atom is -0.326 e. The number of nitrogens with zero attached hydrogens (tertiary/aromatic N) is 4. The van der Waals surface area contributed by atoms with Gasteiger partial charge in [-0.25, -0.2) is 4.98 Å². The first-order chi connectivity index (χ1) is 9.08. The van der Waals surface area contributed by atoms with Crippen LogP contribution in [0.15, 0.2) is 4.47 Å². The van der Waals surface area contributed by atoms with E-state index in [1.807, 2.05) is 18.7 Å². The average molecular weight is 323 g/mol. The summed E-state index contributed by atoms with van der Waals surface area (Å²) < 4.78 is 5.44. The summed E-state index contributed by atoms with van der Waals surface area (Å²) >= 11 is 3.65. The highest BCUT2D eigenvalue weighted by Crippen LogP contribution is 2.26. The highest BCUT2D eigenvalue weighted by Gasteiger charge is 2.20. The first-order valence-electron chi connectivity index (χ1n) is 6.80. The summed E-state index contributed by atoms with van der Waals surface area (Å²) in [7, 11) is 2.01. The lowest BCUT2D eigenvalue weighted by molar-refractivity contribution is 0.600. The maximum absolute atomic E-state index is 4.73. The summed E-state index contributed by atoms with van der Waals surface area (Å²) in [5.74, 6) is 1.12. The van der Waals surface area contributed by atoms with Gasteiger partial charge in [0.1, 0.15) is 5.82 Å². The van der Waals surface area contributed by atoms with Gasteiger partial charge in [0.15, 0.2) is 0 Å². The second-order valence-corrected chi connectivity index (χ2v) is 6.11. The van der Waals surface area contributed by atoms with Gasteiger partial charge in [-0.1, -0.05) is 0 Å². The molecule has 2 aromatic heterocycles. The molecule has 0 saturated heterocycles. The van der Waals surface area contributed by atoms with Gasteiger partial charge in [-0.3, -0.25) is 4.68 Å². The third-order valence-corrected chi connectivity index (χ3v) is 5.02. The van der Waals surface area contributed by atoms with E-state index in [2.05, 4.69) is 32.5 Å². The molecule has 0 radical (unpaired) electrons. The van der Waals surface area contributed by atoms with Gasteiger partial charge in [0, 0.05) is 12.7 Å². The van der Waals surface area contributed by atoms with E-state index in [1.54, 1.807) is 0 Å². The van der Waals surface area contributed by atoms with Crippen molar-refractivity contribution in [3.05, 3.63) is 33.1 Å². The van der Waals surface area contributed by atoms with Crippen molar-refractivity contribution in [1.82, 2.24) is 19.3 Å². The molecule has 0 bridgehead atoms. The summed E-state index contributed by atoms with van der Waals surface area (Å²) in [5.41, 5.74) is 4.99. The Kier molecular flexibility index (Phi) is 3.25. The largest absolute Gasteiger partial charge is 0.326 e. The zero-order valence-electron chi connectivity index (χ0n) is 11.7. The Bertz CT molecular complexity index is 624. The van der Waals surface area contributed by atoms with Crippen molar-refractivity contribution in [2.75, 3.05) is 0 Å². The Morgan fingerprint density at radius 3 is 2.63 bits per heavy atom. The number of imidazole rings is 1. The van der Waals surface area contributed by atoms with Crippen molar-refractivity contribution in [3.63, 3.8) is 0 Å². The molecule has 2 heterocycles. The summed E-state index contributed by atoms with van der Waals surface area (Å²) in [4.78, 5) is 4.73. The fourth-order valence-electron chi connectivity index (χ4n) is 2.95.